The minimum absolute atomic E-state index is 0.140. The molecule has 0 heterocycles. The number of benzene rings is 1. The zero-order valence-corrected chi connectivity index (χ0v) is 11.1. The quantitative estimate of drug-likeness (QED) is 0.772. The third kappa shape index (κ3) is 2.16. The van der Waals surface area contributed by atoms with Crippen LogP contribution in [0.1, 0.15) is 25.3 Å². The van der Waals surface area contributed by atoms with Gasteiger partial charge < -0.3 is 0 Å². The summed E-state index contributed by atoms with van der Waals surface area (Å²) < 4.78 is 24.8. The van der Waals surface area contributed by atoms with Gasteiger partial charge in [-0.3, -0.25) is 0 Å². The fourth-order valence-corrected chi connectivity index (χ4v) is 4.42. The van der Waals surface area contributed by atoms with Gasteiger partial charge in [0.15, 0.2) is 9.84 Å². The highest BCUT2D eigenvalue weighted by Crippen LogP contribution is 2.40. The predicted molar refractivity (Wildman–Crippen MR) is 69.7 cm³/mol. The largest absolute Gasteiger partial charge is 0.223 e. The maximum absolute atomic E-state index is 12.4. The fraction of sp³-hybridized carbons (Fsp3) is 0.429. The molecule has 0 radical (unpaired) electrons. The van der Waals surface area contributed by atoms with Crippen LogP contribution in [-0.4, -0.2) is 13.7 Å². The van der Waals surface area contributed by atoms with Crippen molar-refractivity contribution in [1.82, 2.24) is 0 Å². The van der Waals surface area contributed by atoms with E-state index in [0.717, 1.165) is 24.0 Å². The summed E-state index contributed by atoms with van der Waals surface area (Å²) in [6, 6.07) is 7.11. The topological polar surface area (TPSA) is 34.1 Å². The summed E-state index contributed by atoms with van der Waals surface area (Å²) in [4.78, 5) is 0.444. The van der Waals surface area contributed by atoms with Crippen LogP contribution in [0.25, 0.3) is 0 Å². The van der Waals surface area contributed by atoms with Gasteiger partial charge in [-0.2, -0.15) is 0 Å². The van der Waals surface area contributed by atoms with E-state index in [1.54, 1.807) is 12.1 Å². The summed E-state index contributed by atoms with van der Waals surface area (Å²) in [6.45, 7) is 7.76. The highest BCUT2D eigenvalue weighted by atomic mass is 32.2. The Balaban J connectivity index is 2.31. The number of rotatable bonds is 3. The van der Waals surface area contributed by atoms with E-state index in [9.17, 15) is 8.42 Å². The summed E-state index contributed by atoms with van der Waals surface area (Å²) >= 11 is 0. The lowest BCUT2D eigenvalue weighted by Crippen LogP contribution is -2.39. The van der Waals surface area contributed by atoms with Crippen molar-refractivity contribution < 1.29 is 8.42 Å². The lowest BCUT2D eigenvalue weighted by atomic mass is 9.80. The average molecular weight is 250 g/mol. The van der Waals surface area contributed by atoms with Crippen LogP contribution < -0.4 is 0 Å². The molecule has 0 spiro atoms. The minimum Gasteiger partial charge on any atom is -0.223 e. The van der Waals surface area contributed by atoms with Crippen LogP contribution in [0.4, 0.5) is 0 Å². The minimum atomic E-state index is -3.17. The van der Waals surface area contributed by atoms with Crippen molar-refractivity contribution in [2.75, 3.05) is 0 Å². The molecule has 2 rings (SSSR count). The molecule has 0 aliphatic heterocycles. The van der Waals surface area contributed by atoms with Gasteiger partial charge in [-0.15, -0.1) is 0 Å². The Morgan fingerprint density at radius 3 is 2.24 bits per heavy atom. The highest BCUT2D eigenvalue weighted by molar-refractivity contribution is 7.92. The maximum Gasteiger partial charge on any atom is 0.181 e. The molecule has 0 unspecified atom stereocenters. The molecule has 2 atom stereocenters. The van der Waals surface area contributed by atoms with Gasteiger partial charge in [0, 0.05) is 0 Å². The molecule has 0 aromatic heterocycles. The monoisotopic (exact) mass is 250 g/mol. The Kier molecular flexibility index (Phi) is 3.13. The molecule has 1 aliphatic rings. The Morgan fingerprint density at radius 1 is 1.24 bits per heavy atom. The van der Waals surface area contributed by atoms with Gasteiger partial charge in [0.05, 0.1) is 10.1 Å². The van der Waals surface area contributed by atoms with Crippen LogP contribution in [0.15, 0.2) is 41.3 Å². The molecular weight excluding hydrogens is 232 g/mol. The zero-order valence-electron chi connectivity index (χ0n) is 10.3. The second-order valence-corrected chi connectivity index (χ2v) is 7.09. The Hall–Kier alpha value is -1.09. The molecule has 0 N–H and O–H groups in total. The fourth-order valence-electron chi connectivity index (χ4n) is 2.31. The first-order valence-electron chi connectivity index (χ1n) is 5.89. The molecule has 0 bridgehead atoms. The van der Waals surface area contributed by atoms with Gasteiger partial charge in [-0.1, -0.05) is 29.8 Å². The Morgan fingerprint density at radius 2 is 1.82 bits per heavy atom. The van der Waals surface area contributed by atoms with Crippen LogP contribution in [0.2, 0.25) is 0 Å². The van der Waals surface area contributed by atoms with Crippen LogP contribution in [0.5, 0.6) is 0 Å². The zero-order chi connectivity index (χ0) is 12.6. The first-order chi connectivity index (χ1) is 7.93. The van der Waals surface area contributed by atoms with Crippen LogP contribution in [0.3, 0.4) is 0 Å². The van der Waals surface area contributed by atoms with Crippen molar-refractivity contribution in [1.29, 1.82) is 0 Å². The number of allylic oxidation sites excluding steroid dienone is 1. The predicted octanol–water partition coefficient (Wildman–Crippen LogP) is 3.12. The van der Waals surface area contributed by atoms with Crippen molar-refractivity contribution in [3.63, 3.8) is 0 Å². The average Bonchev–Trinajstić information content (AvgIpc) is 2.14. The standard InChI is InChI=1S/C14H18O2S/c1-10(2)13-8-9-14(13)17(15,16)12-6-4-11(3)5-7-12/h4-7,13-14H,1,8-9H2,2-3H3/t13-,14+/m0/s1. The van der Waals surface area contributed by atoms with E-state index < -0.39 is 9.84 Å². The van der Waals surface area contributed by atoms with E-state index in [-0.39, 0.29) is 11.2 Å². The van der Waals surface area contributed by atoms with Gasteiger partial charge in [0.2, 0.25) is 0 Å². The maximum atomic E-state index is 12.4. The van der Waals surface area contributed by atoms with Crippen molar-refractivity contribution in [3.8, 4) is 0 Å². The molecule has 1 saturated carbocycles. The molecule has 1 aromatic rings. The molecule has 1 fully saturated rings. The number of hydrogen-bond acceptors (Lipinski definition) is 2. The second kappa shape index (κ2) is 4.30. The third-order valence-corrected chi connectivity index (χ3v) is 5.88. The third-order valence-electron chi connectivity index (χ3n) is 3.59. The summed E-state index contributed by atoms with van der Waals surface area (Å²) in [5.74, 6) is 0.140. The molecule has 1 aromatic carbocycles. The lowest BCUT2D eigenvalue weighted by Gasteiger charge is -2.36. The van der Waals surface area contributed by atoms with Crippen LogP contribution in [0, 0.1) is 12.8 Å². The van der Waals surface area contributed by atoms with E-state index >= 15 is 0 Å². The van der Waals surface area contributed by atoms with Crippen molar-refractivity contribution in [3.05, 3.63) is 42.0 Å². The van der Waals surface area contributed by atoms with Gasteiger partial charge in [-0.05, 0) is 44.7 Å². The molecular formula is C14H18O2S. The Bertz CT molecular complexity index is 526. The number of hydrogen-bond donors (Lipinski definition) is 0. The second-order valence-electron chi connectivity index (χ2n) is 4.93. The van der Waals surface area contributed by atoms with Gasteiger partial charge in [0.1, 0.15) is 0 Å². The van der Waals surface area contributed by atoms with Gasteiger partial charge in [-0.25, -0.2) is 8.42 Å². The van der Waals surface area contributed by atoms with Crippen molar-refractivity contribution >= 4 is 9.84 Å². The molecule has 2 nitrogen and oxygen atoms in total. The lowest BCUT2D eigenvalue weighted by molar-refractivity contribution is 0.365. The first kappa shape index (κ1) is 12.4. The molecule has 3 heteroatoms. The number of aryl methyl sites for hydroxylation is 1. The van der Waals surface area contributed by atoms with E-state index in [1.165, 1.54) is 0 Å². The van der Waals surface area contributed by atoms with Crippen molar-refractivity contribution in [2.45, 2.75) is 36.8 Å². The van der Waals surface area contributed by atoms with Crippen molar-refractivity contribution in [2.24, 2.45) is 5.92 Å². The molecule has 92 valence electrons. The highest BCUT2D eigenvalue weighted by Gasteiger charge is 2.41. The first-order valence-corrected chi connectivity index (χ1v) is 7.43. The van der Waals surface area contributed by atoms with E-state index in [2.05, 4.69) is 6.58 Å². The SMILES string of the molecule is C=C(C)[C@@H]1CC[C@H]1S(=O)(=O)c1ccc(C)cc1. The summed E-state index contributed by atoms with van der Waals surface area (Å²) in [5.41, 5.74) is 2.06. The van der Waals surface area contributed by atoms with Crippen LogP contribution >= 0.6 is 0 Å². The van der Waals surface area contributed by atoms with Gasteiger partial charge in [0.25, 0.3) is 0 Å². The normalized spacial score (nSPS) is 24.1. The number of sulfone groups is 1. The smallest absolute Gasteiger partial charge is 0.181 e. The Labute approximate surface area is 103 Å². The summed E-state index contributed by atoms with van der Waals surface area (Å²) in [6.07, 6.45) is 1.71. The molecule has 0 saturated heterocycles. The summed E-state index contributed by atoms with van der Waals surface area (Å²) in [5, 5.41) is -0.261. The van der Waals surface area contributed by atoms with E-state index in [0.29, 0.717) is 4.90 Å². The van der Waals surface area contributed by atoms with E-state index in [1.807, 2.05) is 26.0 Å². The molecule has 0 amide bonds. The summed E-state index contributed by atoms with van der Waals surface area (Å²) in [7, 11) is -3.17. The van der Waals surface area contributed by atoms with Gasteiger partial charge >= 0.3 is 0 Å². The van der Waals surface area contributed by atoms with Crippen LogP contribution in [-0.2, 0) is 9.84 Å². The van der Waals surface area contributed by atoms with E-state index in [4.69, 9.17) is 0 Å². The molecule has 1 aliphatic carbocycles. The molecule has 17 heavy (non-hydrogen) atoms.